The van der Waals surface area contributed by atoms with Crippen molar-refractivity contribution < 1.29 is 54.0 Å². The van der Waals surface area contributed by atoms with Crippen LogP contribution in [0.3, 0.4) is 0 Å². The maximum Gasteiger partial charge on any atom is 0.328 e. The summed E-state index contributed by atoms with van der Waals surface area (Å²) in [6.07, 6.45) is -4.18. The van der Waals surface area contributed by atoms with Crippen molar-refractivity contribution in [1.82, 2.24) is 16.0 Å². The number of carboxylic acids is 3. The lowest BCUT2D eigenvalue weighted by Gasteiger charge is -2.25. The van der Waals surface area contributed by atoms with Gasteiger partial charge in [0.25, 0.3) is 0 Å². The van der Waals surface area contributed by atoms with Crippen molar-refractivity contribution >= 4 is 41.5 Å². The molecule has 16 heteroatoms. The zero-order chi connectivity index (χ0) is 25.9. The Morgan fingerprint density at radius 2 is 1.27 bits per heavy atom. The molecule has 4 amide bonds. The van der Waals surface area contributed by atoms with Crippen LogP contribution in [0.1, 0.15) is 32.6 Å². The number of aliphatic carboxylic acids is 3. The molecule has 0 aromatic heterocycles. The second-order valence-electron chi connectivity index (χ2n) is 6.99. The SMILES string of the molecule is CC(O)C(NC(=O)C(CC(=O)O)NC(=O)C(CCC(N)=O)NC(=O)C(N)CC(=O)O)C(=O)O. The molecule has 0 heterocycles. The number of amides is 4. The number of primary amides is 1. The van der Waals surface area contributed by atoms with E-state index in [1.807, 2.05) is 10.6 Å². The topological polar surface area (TPSA) is 289 Å². The number of aliphatic hydroxyl groups excluding tert-OH is 1. The molecule has 0 bridgehead atoms. The average molecular weight is 477 g/mol. The Morgan fingerprint density at radius 3 is 1.70 bits per heavy atom. The number of carbonyl (C=O) groups is 7. The first-order chi connectivity index (χ1) is 15.1. The monoisotopic (exact) mass is 477 g/mol. The number of aliphatic hydroxyl groups is 1. The lowest BCUT2D eigenvalue weighted by atomic mass is 10.1. The first kappa shape index (κ1) is 29.2. The fourth-order valence-corrected chi connectivity index (χ4v) is 2.41. The third-order valence-corrected chi connectivity index (χ3v) is 4.10. The van der Waals surface area contributed by atoms with Crippen molar-refractivity contribution in [3.63, 3.8) is 0 Å². The number of nitrogens with two attached hydrogens (primary N) is 2. The first-order valence-corrected chi connectivity index (χ1v) is 9.45. The molecule has 11 N–H and O–H groups in total. The van der Waals surface area contributed by atoms with Crippen molar-refractivity contribution in [2.24, 2.45) is 11.5 Å². The summed E-state index contributed by atoms with van der Waals surface area (Å²) < 4.78 is 0. The van der Waals surface area contributed by atoms with E-state index in [-0.39, 0.29) is 0 Å². The van der Waals surface area contributed by atoms with Crippen LogP contribution >= 0.6 is 0 Å². The van der Waals surface area contributed by atoms with Gasteiger partial charge in [0.2, 0.25) is 23.6 Å². The molecule has 0 rings (SSSR count). The van der Waals surface area contributed by atoms with Crippen LogP contribution in [0.4, 0.5) is 0 Å². The fraction of sp³-hybridized carbons (Fsp3) is 0.588. The molecule has 0 spiro atoms. The molecule has 0 aliphatic rings. The normalized spacial score (nSPS) is 15.1. The maximum absolute atomic E-state index is 12.6. The van der Waals surface area contributed by atoms with Gasteiger partial charge in [0, 0.05) is 6.42 Å². The van der Waals surface area contributed by atoms with E-state index in [9.17, 15) is 38.7 Å². The summed E-state index contributed by atoms with van der Waals surface area (Å²) in [6.45, 7) is 1.06. The summed E-state index contributed by atoms with van der Waals surface area (Å²) >= 11 is 0. The van der Waals surface area contributed by atoms with Gasteiger partial charge in [0.05, 0.1) is 25.0 Å². The molecule has 5 unspecified atom stereocenters. The molecule has 33 heavy (non-hydrogen) atoms. The Hall–Kier alpha value is -3.79. The highest BCUT2D eigenvalue weighted by molar-refractivity contribution is 5.96. The molecule has 5 atom stereocenters. The molecule has 0 fully saturated rings. The van der Waals surface area contributed by atoms with Gasteiger partial charge in [-0.2, -0.15) is 0 Å². The summed E-state index contributed by atoms with van der Waals surface area (Å²) in [5, 5.41) is 42.2. The predicted octanol–water partition coefficient (Wildman–Crippen LogP) is -4.55. The van der Waals surface area contributed by atoms with Crippen LogP contribution in [0.15, 0.2) is 0 Å². The minimum absolute atomic E-state index is 0.403. The smallest absolute Gasteiger partial charge is 0.328 e. The molecule has 0 saturated heterocycles. The Kier molecular flexibility index (Phi) is 12.0. The van der Waals surface area contributed by atoms with Crippen LogP contribution in [0.5, 0.6) is 0 Å². The van der Waals surface area contributed by atoms with Gasteiger partial charge in [-0.25, -0.2) is 4.79 Å². The zero-order valence-electron chi connectivity index (χ0n) is 17.5. The lowest BCUT2D eigenvalue weighted by Crippen LogP contribution is -2.58. The van der Waals surface area contributed by atoms with Crippen LogP contribution in [0.25, 0.3) is 0 Å². The van der Waals surface area contributed by atoms with E-state index in [0.29, 0.717) is 0 Å². The minimum atomic E-state index is -1.84. The summed E-state index contributed by atoms with van der Waals surface area (Å²) in [5.41, 5.74) is 10.4. The average Bonchev–Trinajstić information content (AvgIpc) is 2.66. The van der Waals surface area contributed by atoms with Crippen LogP contribution in [-0.2, 0) is 33.6 Å². The minimum Gasteiger partial charge on any atom is -0.481 e. The summed E-state index contributed by atoms with van der Waals surface area (Å²) in [6, 6.07) is -6.78. The Balaban J connectivity index is 5.60. The van der Waals surface area contributed by atoms with E-state index >= 15 is 0 Å². The van der Waals surface area contributed by atoms with E-state index in [0.717, 1.165) is 6.92 Å². The third kappa shape index (κ3) is 11.4. The largest absolute Gasteiger partial charge is 0.481 e. The van der Waals surface area contributed by atoms with E-state index in [1.54, 1.807) is 0 Å². The Labute approximate surface area is 186 Å². The second-order valence-corrected chi connectivity index (χ2v) is 6.99. The van der Waals surface area contributed by atoms with Gasteiger partial charge in [0.1, 0.15) is 12.1 Å². The number of carbonyl (C=O) groups excluding carboxylic acids is 4. The molecule has 0 aliphatic heterocycles. The highest BCUT2D eigenvalue weighted by atomic mass is 16.4. The molecule has 186 valence electrons. The lowest BCUT2D eigenvalue weighted by molar-refractivity contribution is -0.146. The third-order valence-electron chi connectivity index (χ3n) is 4.10. The van der Waals surface area contributed by atoms with Crippen LogP contribution < -0.4 is 27.4 Å². The first-order valence-electron chi connectivity index (χ1n) is 9.45. The zero-order valence-corrected chi connectivity index (χ0v) is 17.5. The molecular formula is C17H27N5O11. The van der Waals surface area contributed by atoms with Gasteiger partial charge in [-0.05, 0) is 13.3 Å². The van der Waals surface area contributed by atoms with Crippen molar-refractivity contribution in [3.05, 3.63) is 0 Å². The van der Waals surface area contributed by atoms with Gasteiger partial charge in [0.15, 0.2) is 6.04 Å². The van der Waals surface area contributed by atoms with Crippen LogP contribution in [0, 0.1) is 0 Å². The molecule has 0 aromatic rings. The molecule has 0 saturated carbocycles. The summed E-state index contributed by atoms with van der Waals surface area (Å²) in [4.78, 5) is 81.1. The van der Waals surface area contributed by atoms with Crippen molar-refractivity contribution in [3.8, 4) is 0 Å². The van der Waals surface area contributed by atoms with E-state index in [1.165, 1.54) is 0 Å². The second kappa shape index (κ2) is 13.6. The standard InChI is InChI=1S/C17H27N5O11/c1-6(23)13(17(32)33)22-16(31)9(5-12(27)28)21-15(30)8(2-3-10(19)24)20-14(29)7(18)4-11(25)26/h6-9,13,23H,2-5,18H2,1H3,(H2,19,24)(H,20,29)(H,21,30)(H,22,31)(H,25,26)(H,27,28)(H,32,33). The van der Waals surface area contributed by atoms with E-state index in [4.69, 9.17) is 26.8 Å². The highest BCUT2D eigenvalue weighted by Crippen LogP contribution is 2.04. The molecule has 0 radical (unpaired) electrons. The highest BCUT2D eigenvalue weighted by Gasteiger charge is 2.33. The van der Waals surface area contributed by atoms with Gasteiger partial charge >= 0.3 is 17.9 Å². The maximum atomic E-state index is 12.6. The van der Waals surface area contributed by atoms with Crippen LogP contribution in [0.2, 0.25) is 0 Å². The fourth-order valence-electron chi connectivity index (χ4n) is 2.41. The van der Waals surface area contributed by atoms with Gasteiger partial charge in [-0.3, -0.25) is 28.8 Å². The molecule has 16 nitrogen and oxygen atoms in total. The number of nitrogens with one attached hydrogen (secondary N) is 3. The number of carboxylic acid groups (broad SMARTS) is 3. The molecule has 0 aromatic carbocycles. The summed E-state index contributed by atoms with van der Waals surface area (Å²) in [5.74, 6) is -8.95. The van der Waals surface area contributed by atoms with Gasteiger partial charge in [-0.15, -0.1) is 0 Å². The molecule has 0 aliphatic carbocycles. The van der Waals surface area contributed by atoms with Crippen molar-refractivity contribution in [2.75, 3.05) is 0 Å². The predicted molar refractivity (Wildman–Crippen MR) is 106 cm³/mol. The summed E-state index contributed by atoms with van der Waals surface area (Å²) in [7, 11) is 0. The van der Waals surface area contributed by atoms with E-state index < -0.39 is 97.5 Å². The molecular weight excluding hydrogens is 450 g/mol. The number of hydrogen-bond donors (Lipinski definition) is 9. The van der Waals surface area contributed by atoms with Crippen LogP contribution in [-0.4, -0.2) is 92.2 Å². The Bertz CT molecular complexity index is 785. The van der Waals surface area contributed by atoms with Crippen molar-refractivity contribution in [2.45, 2.75) is 62.9 Å². The van der Waals surface area contributed by atoms with Gasteiger partial charge < -0.3 is 47.8 Å². The van der Waals surface area contributed by atoms with Crippen molar-refractivity contribution in [1.29, 1.82) is 0 Å². The van der Waals surface area contributed by atoms with Gasteiger partial charge in [-0.1, -0.05) is 0 Å². The number of rotatable bonds is 15. The Morgan fingerprint density at radius 1 is 0.788 bits per heavy atom. The van der Waals surface area contributed by atoms with E-state index in [2.05, 4.69) is 5.32 Å². The number of hydrogen-bond acceptors (Lipinski definition) is 9. The quantitative estimate of drug-likeness (QED) is 0.108.